The highest BCUT2D eigenvalue weighted by atomic mass is 16.5. The number of hydrogen-bond acceptors (Lipinski definition) is 4. The largest absolute Gasteiger partial charge is 0.457 e. The van der Waals surface area contributed by atoms with Crippen LogP contribution in [0.2, 0.25) is 0 Å². The summed E-state index contributed by atoms with van der Waals surface area (Å²) in [5.41, 5.74) is 22.9. The average molecular weight is 996 g/mol. The number of fused-ring (bicyclic) bond motifs is 21. The van der Waals surface area contributed by atoms with Gasteiger partial charge in [-0.1, -0.05) is 188 Å². The van der Waals surface area contributed by atoms with E-state index in [1.165, 1.54) is 55.6 Å². The maximum absolute atomic E-state index is 6.72. The van der Waals surface area contributed by atoms with Crippen molar-refractivity contribution in [3.63, 3.8) is 0 Å². The Labute approximate surface area is 451 Å². The number of para-hydroxylation sites is 5. The second kappa shape index (κ2) is 16.2. The number of furan rings is 1. The molecule has 0 bridgehead atoms. The summed E-state index contributed by atoms with van der Waals surface area (Å²) in [6, 6.07) is 99.2. The number of nitrogens with zero attached hydrogens (tertiary/aromatic N) is 1. The fraction of sp³-hybridized carbons (Fsp3) is 0.0270. The Bertz CT molecular complexity index is 4550. The first-order chi connectivity index (χ1) is 38.6. The highest BCUT2D eigenvalue weighted by Gasteiger charge is 2.52. The van der Waals surface area contributed by atoms with E-state index in [1.54, 1.807) is 0 Å². The van der Waals surface area contributed by atoms with Crippen molar-refractivity contribution < 1.29 is 13.9 Å². The summed E-state index contributed by atoms with van der Waals surface area (Å²) in [5.74, 6) is 3.54. The monoisotopic (exact) mass is 995 g/mol. The molecular formula is C74H45NO3. The Hall–Kier alpha value is -10.2. The third kappa shape index (κ3) is 5.83. The predicted molar refractivity (Wildman–Crippen MR) is 314 cm³/mol. The van der Waals surface area contributed by atoms with Crippen LogP contribution < -0.4 is 14.4 Å². The Balaban J connectivity index is 0.818. The molecule has 4 aliphatic rings. The Morgan fingerprint density at radius 1 is 0.244 bits per heavy atom. The van der Waals surface area contributed by atoms with Gasteiger partial charge in [-0.05, 0) is 152 Å². The third-order valence-electron chi connectivity index (χ3n) is 17.2. The van der Waals surface area contributed by atoms with Crippen LogP contribution in [0.25, 0.3) is 66.4 Å². The van der Waals surface area contributed by atoms with Gasteiger partial charge >= 0.3 is 0 Å². The molecule has 364 valence electrons. The molecule has 2 spiro atoms. The fourth-order valence-corrected chi connectivity index (χ4v) is 14.0. The molecule has 0 saturated carbocycles. The molecule has 17 rings (SSSR count). The van der Waals surface area contributed by atoms with Crippen molar-refractivity contribution in [3.05, 3.63) is 317 Å². The fourth-order valence-electron chi connectivity index (χ4n) is 14.0. The quantitative estimate of drug-likeness (QED) is 0.172. The highest BCUT2D eigenvalue weighted by Crippen LogP contribution is 2.64. The van der Waals surface area contributed by atoms with Crippen molar-refractivity contribution in [2.75, 3.05) is 4.90 Å². The van der Waals surface area contributed by atoms with Crippen LogP contribution in [0.15, 0.2) is 277 Å². The standard InChI is InChI=1S/C74H45NO3/c1-4-18-59-53(15-1)55-41-39-52(45-66(55)74(59)64-22-8-13-27-70(64)78-71-28-14-9-23-65(71)74)75(51-37-31-47(32-38-51)49-33-40-57-56-17-3-10-24-67(56)76-72(57)44-49)50-35-29-46(30-36-50)48-34-42-61-58(43-48)54-16-2-5-19-60(54)73(61)62-20-6-11-25-68(62)77-69-26-12-7-21-63(69)73/h1-45H. The lowest BCUT2D eigenvalue weighted by molar-refractivity contribution is 0.436. The van der Waals surface area contributed by atoms with Gasteiger partial charge in [0.2, 0.25) is 0 Å². The van der Waals surface area contributed by atoms with Crippen LogP contribution in [0, 0.1) is 0 Å². The molecule has 4 heteroatoms. The summed E-state index contributed by atoms with van der Waals surface area (Å²) in [5, 5.41) is 2.25. The van der Waals surface area contributed by atoms with E-state index in [2.05, 4.69) is 266 Å². The molecule has 0 amide bonds. The second-order valence-electron chi connectivity index (χ2n) is 21.0. The van der Waals surface area contributed by atoms with Crippen LogP contribution in [0.5, 0.6) is 23.0 Å². The summed E-state index contributed by atoms with van der Waals surface area (Å²) in [7, 11) is 0. The normalized spacial score (nSPS) is 14.1. The van der Waals surface area contributed by atoms with Crippen molar-refractivity contribution in [1.82, 2.24) is 0 Å². The summed E-state index contributed by atoms with van der Waals surface area (Å²) < 4.78 is 19.7. The Morgan fingerprint density at radius 3 is 1.22 bits per heavy atom. The van der Waals surface area contributed by atoms with E-state index in [-0.39, 0.29) is 0 Å². The van der Waals surface area contributed by atoms with Gasteiger partial charge in [-0.2, -0.15) is 0 Å². The molecule has 2 aliphatic carbocycles. The predicted octanol–water partition coefficient (Wildman–Crippen LogP) is 19.3. The van der Waals surface area contributed by atoms with Gasteiger partial charge in [0.25, 0.3) is 0 Å². The molecule has 2 aliphatic heterocycles. The molecular weight excluding hydrogens is 951 g/mol. The molecule has 0 radical (unpaired) electrons. The Morgan fingerprint density at radius 2 is 0.641 bits per heavy atom. The molecule has 13 aromatic rings. The summed E-state index contributed by atoms with van der Waals surface area (Å²) in [4.78, 5) is 2.41. The van der Waals surface area contributed by atoms with Gasteiger partial charge in [0, 0.05) is 50.1 Å². The third-order valence-corrected chi connectivity index (χ3v) is 17.2. The minimum absolute atomic E-state index is 0.513. The van der Waals surface area contributed by atoms with Gasteiger partial charge in [0.05, 0.1) is 10.8 Å². The smallest absolute Gasteiger partial charge is 0.136 e. The summed E-state index contributed by atoms with van der Waals surface area (Å²) in [6.07, 6.45) is 0. The van der Waals surface area contributed by atoms with E-state index >= 15 is 0 Å². The molecule has 4 nitrogen and oxygen atoms in total. The lowest BCUT2D eigenvalue weighted by Crippen LogP contribution is -2.32. The minimum atomic E-state index is -0.609. The van der Waals surface area contributed by atoms with Crippen molar-refractivity contribution in [2.24, 2.45) is 0 Å². The Kier molecular flexibility index (Phi) is 8.94. The minimum Gasteiger partial charge on any atom is -0.457 e. The van der Waals surface area contributed by atoms with E-state index in [9.17, 15) is 0 Å². The topological polar surface area (TPSA) is 34.8 Å². The van der Waals surface area contributed by atoms with Gasteiger partial charge in [-0.3, -0.25) is 0 Å². The molecule has 3 heterocycles. The number of anilines is 3. The molecule has 0 unspecified atom stereocenters. The van der Waals surface area contributed by atoms with Gasteiger partial charge in [-0.25, -0.2) is 0 Å². The summed E-state index contributed by atoms with van der Waals surface area (Å²) >= 11 is 0. The van der Waals surface area contributed by atoms with Crippen molar-refractivity contribution in [1.29, 1.82) is 0 Å². The van der Waals surface area contributed by atoms with E-state index in [0.717, 1.165) is 95.4 Å². The van der Waals surface area contributed by atoms with Crippen molar-refractivity contribution in [2.45, 2.75) is 10.8 Å². The number of ether oxygens (including phenoxy) is 2. The van der Waals surface area contributed by atoms with Gasteiger partial charge < -0.3 is 18.8 Å². The lowest BCUT2D eigenvalue weighted by Gasteiger charge is -2.39. The van der Waals surface area contributed by atoms with Crippen molar-refractivity contribution in [3.8, 4) is 67.5 Å². The maximum Gasteiger partial charge on any atom is 0.136 e. The zero-order chi connectivity index (χ0) is 51.1. The molecule has 0 fully saturated rings. The van der Waals surface area contributed by atoms with Crippen LogP contribution >= 0.6 is 0 Å². The van der Waals surface area contributed by atoms with Crippen LogP contribution in [0.3, 0.4) is 0 Å². The highest BCUT2D eigenvalue weighted by molar-refractivity contribution is 6.06. The van der Waals surface area contributed by atoms with Gasteiger partial charge in [-0.15, -0.1) is 0 Å². The second-order valence-corrected chi connectivity index (χ2v) is 21.0. The van der Waals surface area contributed by atoms with E-state index in [1.807, 2.05) is 12.1 Å². The van der Waals surface area contributed by atoms with Gasteiger partial charge in [0.15, 0.2) is 0 Å². The van der Waals surface area contributed by atoms with Crippen LogP contribution in [0.1, 0.15) is 44.5 Å². The number of rotatable bonds is 5. The first-order valence-electron chi connectivity index (χ1n) is 26.8. The average Bonchev–Trinajstić information content (AvgIpc) is 4.13. The van der Waals surface area contributed by atoms with Crippen LogP contribution in [0.4, 0.5) is 17.1 Å². The van der Waals surface area contributed by atoms with E-state index < -0.39 is 10.8 Å². The van der Waals surface area contributed by atoms with E-state index in [4.69, 9.17) is 13.9 Å². The first kappa shape index (κ1) is 43.1. The number of benzene rings is 12. The molecule has 12 aromatic carbocycles. The van der Waals surface area contributed by atoms with Crippen molar-refractivity contribution >= 4 is 39.0 Å². The zero-order valence-electron chi connectivity index (χ0n) is 42.2. The molecule has 0 saturated heterocycles. The van der Waals surface area contributed by atoms with E-state index in [0.29, 0.717) is 0 Å². The molecule has 78 heavy (non-hydrogen) atoms. The molecule has 0 N–H and O–H groups in total. The van der Waals surface area contributed by atoms with Gasteiger partial charge in [0.1, 0.15) is 34.2 Å². The summed E-state index contributed by atoms with van der Waals surface area (Å²) in [6.45, 7) is 0. The van der Waals surface area contributed by atoms with Crippen LogP contribution in [-0.4, -0.2) is 0 Å². The number of hydrogen-bond donors (Lipinski definition) is 0. The lowest BCUT2D eigenvalue weighted by atomic mass is 9.66. The van der Waals surface area contributed by atoms with Crippen LogP contribution in [-0.2, 0) is 10.8 Å². The first-order valence-corrected chi connectivity index (χ1v) is 26.8. The molecule has 1 aromatic heterocycles. The zero-order valence-corrected chi connectivity index (χ0v) is 42.2. The SMILES string of the molecule is c1ccc2c(c1)Oc1ccccc1C21c2ccccc2-c2cc(-c3ccc(N(c4ccc(-c5ccc6c(c5)oc5ccccc56)cc4)c4ccc5c(c4)C4(c6ccccc6Oc6ccccc64)c4ccccc4-5)cc3)ccc21. The molecule has 0 atom stereocenters. The maximum atomic E-state index is 6.72.